The molecule has 1 aromatic heterocycles. The van der Waals surface area contributed by atoms with Crippen molar-refractivity contribution in [2.24, 2.45) is 0 Å². The minimum atomic E-state index is -0.413. The van der Waals surface area contributed by atoms with E-state index in [1.54, 1.807) is 12.1 Å². The van der Waals surface area contributed by atoms with Gasteiger partial charge >= 0.3 is 0 Å². The number of hydrogen-bond acceptors (Lipinski definition) is 1. The summed E-state index contributed by atoms with van der Waals surface area (Å²) in [5, 5.41) is 0. The number of nitrogens with zero attached hydrogens (tertiary/aromatic N) is 1. The number of fused-ring (bicyclic) bond motifs is 1. The van der Waals surface area contributed by atoms with Crippen LogP contribution >= 0.6 is 0 Å². The highest BCUT2D eigenvalue weighted by atomic mass is 19.1. The molecule has 1 heterocycles. The molecule has 16 heavy (non-hydrogen) atoms. The van der Waals surface area contributed by atoms with E-state index >= 15 is 0 Å². The molecule has 1 aromatic carbocycles. The third kappa shape index (κ3) is 1.43. The van der Waals surface area contributed by atoms with Crippen molar-refractivity contribution in [2.75, 3.05) is 0 Å². The summed E-state index contributed by atoms with van der Waals surface area (Å²) in [5.74, 6) is -0.413. The van der Waals surface area contributed by atoms with Crippen molar-refractivity contribution in [3.8, 4) is 11.1 Å². The van der Waals surface area contributed by atoms with Gasteiger partial charge in [-0.05, 0) is 41.3 Å². The maximum absolute atomic E-state index is 13.5. The Hall–Kier alpha value is -1.96. The Morgan fingerprint density at radius 2 is 2.12 bits per heavy atom. The molecule has 0 atom stereocenters. The fourth-order valence-corrected chi connectivity index (χ4v) is 2.02. The van der Waals surface area contributed by atoms with Crippen LogP contribution in [0.3, 0.4) is 0 Å². The van der Waals surface area contributed by atoms with Crippen LogP contribution in [-0.2, 0) is 6.42 Å². The molecule has 0 fully saturated rings. The summed E-state index contributed by atoms with van der Waals surface area (Å²) in [6.45, 7) is 0. The first-order valence-corrected chi connectivity index (χ1v) is 5.25. The highest BCUT2D eigenvalue weighted by molar-refractivity contribution is 5.70. The van der Waals surface area contributed by atoms with Crippen molar-refractivity contribution in [3.05, 3.63) is 59.7 Å². The summed E-state index contributed by atoms with van der Waals surface area (Å²) < 4.78 is 13.5. The summed E-state index contributed by atoms with van der Waals surface area (Å²) in [5.41, 5.74) is 3.93. The molecule has 0 amide bonds. The predicted octanol–water partition coefficient (Wildman–Crippen LogP) is 3.46. The number of allylic oxidation sites excluding steroid dienone is 1. The lowest BCUT2D eigenvalue weighted by Gasteiger charge is -2.05. The van der Waals surface area contributed by atoms with Crippen LogP contribution in [-0.4, -0.2) is 4.98 Å². The van der Waals surface area contributed by atoms with E-state index in [9.17, 15) is 4.39 Å². The average molecular weight is 211 g/mol. The van der Waals surface area contributed by atoms with E-state index in [2.05, 4.69) is 23.2 Å². The monoisotopic (exact) mass is 211 g/mol. The van der Waals surface area contributed by atoms with Gasteiger partial charge in [-0.15, -0.1) is 0 Å². The lowest BCUT2D eigenvalue weighted by Crippen LogP contribution is -1.89. The molecule has 0 radical (unpaired) electrons. The second-order valence-corrected chi connectivity index (χ2v) is 3.86. The van der Waals surface area contributed by atoms with E-state index in [0.717, 1.165) is 12.0 Å². The average Bonchev–Trinajstić information content (AvgIpc) is 2.76. The first-order valence-electron chi connectivity index (χ1n) is 5.25. The standard InChI is InChI=1S/C14H10FN/c15-14-13(5-2-8-16-14)12-7-6-10-3-1-4-11(10)9-12/h1-2,4-9H,3H2. The van der Waals surface area contributed by atoms with E-state index < -0.39 is 5.95 Å². The SMILES string of the molecule is Fc1ncccc1-c1ccc2c(c1)C=CC2. The Kier molecular flexibility index (Phi) is 2.07. The highest BCUT2D eigenvalue weighted by Crippen LogP contribution is 2.27. The van der Waals surface area contributed by atoms with Crippen molar-refractivity contribution >= 4 is 6.08 Å². The maximum Gasteiger partial charge on any atom is 0.220 e. The van der Waals surface area contributed by atoms with Crippen molar-refractivity contribution in [1.82, 2.24) is 4.98 Å². The lowest BCUT2D eigenvalue weighted by atomic mass is 10.0. The largest absolute Gasteiger partial charge is 0.228 e. The molecular weight excluding hydrogens is 201 g/mol. The fraction of sp³-hybridized carbons (Fsp3) is 0.0714. The van der Waals surface area contributed by atoms with Gasteiger partial charge in [0.2, 0.25) is 5.95 Å². The molecule has 0 saturated carbocycles. The van der Waals surface area contributed by atoms with Crippen LogP contribution in [0.2, 0.25) is 0 Å². The summed E-state index contributed by atoms with van der Waals surface area (Å²) in [7, 11) is 0. The molecule has 0 saturated heterocycles. The molecule has 3 rings (SSSR count). The first-order chi connectivity index (χ1) is 7.84. The molecule has 1 aliphatic carbocycles. The summed E-state index contributed by atoms with van der Waals surface area (Å²) in [4.78, 5) is 3.66. The molecule has 2 heteroatoms. The molecule has 0 aliphatic heterocycles. The fourth-order valence-electron chi connectivity index (χ4n) is 2.02. The van der Waals surface area contributed by atoms with Gasteiger partial charge in [0.05, 0.1) is 0 Å². The normalized spacial score (nSPS) is 12.8. The van der Waals surface area contributed by atoms with Crippen LogP contribution in [0.15, 0.2) is 42.6 Å². The van der Waals surface area contributed by atoms with Gasteiger partial charge in [0.1, 0.15) is 0 Å². The predicted molar refractivity (Wildman–Crippen MR) is 62.4 cm³/mol. The Labute approximate surface area is 93.3 Å². The quantitative estimate of drug-likeness (QED) is 0.658. The van der Waals surface area contributed by atoms with Crippen LogP contribution in [0, 0.1) is 5.95 Å². The van der Waals surface area contributed by atoms with Gasteiger partial charge in [-0.3, -0.25) is 0 Å². The van der Waals surface area contributed by atoms with E-state index in [1.165, 1.54) is 17.3 Å². The Morgan fingerprint density at radius 1 is 1.19 bits per heavy atom. The van der Waals surface area contributed by atoms with Crippen molar-refractivity contribution in [3.63, 3.8) is 0 Å². The Morgan fingerprint density at radius 3 is 3.00 bits per heavy atom. The summed E-state index contributed by atoms with van der Waals surface area (Å²) in [6, 6.07) is 9.52. The Bertz CT molecular complexity index is 573. The molecule has 1 nitrogen and oxygen atoms in total. The van der Waals surface area contributed by atoms with Crippen LogP contribution in [0.1, 0.15) is 11.1 Å². The molecular formula is C14H10FN. The minimum absolute atomic E-state index is 0.413. The number of benzene rings is 1. The number of aromatic nitrogens is 1. The number of hydrogen-bond donors (Lipinski definition) is 0. The molecule has 1 aliphatic rings. The lowest BCUT2D eigenvalue weighted by molar-refractivity contribution is 0.587. The van der Waals surface area contributed by atoms with Gasteiger partial charge in [0.15, 0.2) is 0 Å². The van der Waals surface area contributed by atoms with Crippen LogP contribution in [0.4, 0.5) is 4.39 Å². The van der Waals surface area contributed by atoms with Crippen molar-refractivity contribution in [1.29, 1.82) is 0 Å². The zero-order chi connectivity index (χ0) is 11.0. The molecule has 0 spiro atoms. The molecule has 2 aromatic rings. The zero-order valence-corrected chi connectivity index (χ0v) is 8.65. The second-order valence-electron chi connectivity index (χ2n) is 3.86. The minimum Gasteiger partial charge on any atom is -0.228 e. The van der Waals surface area contributed by atoms with Crippen LogP contribution < -0.4 is 0 Å². The smallest absolute Gasteiger partial charge is 0.220 e. The van der Waals surface area contributed by atoms with Gasteiger partial charge in [-0.2, -0.15) is 4.39 Å². The van der Waals surface area contributed by atoms with E-state index in [0.29, 0.717) is 5.56 Å². The van der Waals surface area contributed by atoms with Crippen LogP contribution in [0.5, 0.6) is 0 Å². The van der Waals surface area contributed by atoms with E-state index in [4.69, 9.17) is 0 Å². The van der Waals surface area contributed by atoms with E-state index in [-0.39, 0.29) is 0 Å². The number of rotatable bonds is 1. The zero-order valence-electron chi connectivity index (χ0n) is 8.65. The molecule has 0 N–H and O–H groups in total. The van der Waals surface area contributed by atoms with Crippen LogP contribution in [0.25, 0.3) is 17.2 Å². The first kappa shape index (κ1) is 9.28. The number of halogens is 1. The molecule has 0 unspecified atom stereocenters. The highest BCUT2D eigenvalue weighted by Gasteiger charge is 2.09. The Balaban J connectivity index is 2.14. The van der Waals surface area contributed by atoms with Gasteiger partial charge in [-0.1, -0.05) is 24.3 Å². The van der Waals surface area contributed by atoms with Crippen molar-refractivity contribution < 1.29 is 4.39 Å². The van der Waals surface area contributed by atoms with E-state index in [1.807, 2.05) is 12.1 Å². The number of pyridine rings is 1. The topological polar surface area (TPSA) is 12.9 Å². The summed E-state index contributed by atoms with van der Waals surface area (Å²) >= 11 is 0. The van der Waals surface area contributed by atoms with Gasteiger partial charge in [-0.25, -0.2) is 4.98 Å². The third-order valence-electron chi connectivity index (χ3n) is 2.85. The maximum atomic E-state index is 13.5. The molecule has 78 valence electrons. The van der Waals surface area contributed by atoms with Crippen molar-refractivity contribution in [2.45, 2.75) is 6.42 Å². The summed E-state index contributed by atoms with van der Waals surface area (Å²) in [6.07, 6.45) is 6.64. The third-order valence-corrected chi connectivity index (χ3v) is 2.85. The molecule has 0 bridgehead atoms. The second kappa shape index (κ2) is 3.56. The van der Waals surface area contributed by atoms with Gasteiger partial charge in [0.25, 0.3) is 0 Å². The van der Waals surface area contributed by atoms with Gasteiger partial charge < -0.3 is 0 Å². The van der Waals surface area contributed by atoms with Gasteiger partial charge in [0, 0.05) is 11.8 Å².